The van der Waals surface area contributed by atoms with Gasteiger partial charge in [-0.15, -0.1) is 0 Å². The van der Waals surface area contributed by atoms with Gasteiger partial charge >= 0.3 is 0 Å². The number of aliphatic hydroxyl groups excluding tert-OH is 1. The minimum absolute atomic E-state index is 0.0578. The highest BCUT2D eigenvalue weighted by atomic mass is 16.3. The number of benzene rings is 1. The molecule has 1 amide bonds. The van der Waals surface area contributed by atoms with Gasteiger partial charge in [-0.2, -0.15) is 0 Å². The van der Waals surface area contributed by atoms with Crippen molar-refractivity contribution in [3.63, 3.8) is 0 Å². The van der Waals surface area contributed by atoms with E-state index in [1.165, 1.54) is 0 Å². The van der Waals surface area contributed by atoms with Crippen LogP contribution in [0.2, 0.25) is 0 Å². The Morgan fingerprint density at radius 2 is 2.16 bits per heavy atom. The third-order valence-corrected chi connectivity index (χ3v) is 3.56. The van der Waals surface area contributed by atoms with E-state index in [2.05, 4.69) is 10.2 Å². The van der Waals surface area contributed by atoms with Crippen LogP contribution in [0.15, 0.2) is 30.3 Å². The van der Waals surface area contributed by atoms with E-state index in [1.807, 2.05) is 30.3 Å². The highest BCUT2D eigenvalue weighted by Crippen LogP contribution is 2.15. The van der Waals surface area contributed by atoms with Crippen molar-refractivity contribution in [2.24, 2.45) is 5.92 Å². The first-order valence-electron chi connectivity index (χ1n) is 6.92. The lowest BCUT2D eigenvalue weighted by Gasteiger charge is -2.31. The lowest BCUT2D eigenvalue weighted by atomic mass is 9.99. The summed E-state index contributed by atoms with van der Waals surface area (Å²) in [7, 11) is 0. The molecule has 1 aliphatic rings. The van der Waals surface area contributed by atoms with Crippen molar-refractivity contribution in [2.45, 2.75) is 19.4 Å². The second-order valence-corrected chi connectivity index (χ2v) is 5.19. The summed E-state index contributed by atoms with van der Waals surface area (Å²) in [5.41, 5.74) is 1.11. The smallest absolute Gasteiger partial charge is 0.234 e. The molecular formula is C15H22N2O2. The van der Waals surface area contributed by atoms with Gasteiger partial charge in [-0.3, -0.25) is 9.69 Å². The Hall–Kier alpha value is -1.39. The molecule has 1 saturated heterocycles. The van der Waals surface area contributed by atoms with Gasteiger partial charge in [0.2, 0.25) is 5.91 Å². The van der Waals surface area contributed by atoms with Crippen LogP contribution in [0, 0.1) is 5.92 Å². The van der Waals surface area contributed by atoms with Gasteiger partial charge in [-0.25, -0.2) is 0 Å². The van der Waals surface area contributed by atoms with Crippen molar-refractivity contribution in [1.29, 1.82) is 0 Å². The molecule has 0 aliphatic carbocycles. The Labute approximate surface area is 114 Å². The summed E-state index contributed by atoms with van der Waals surface area (Å²) < 4.78 is 0. The van der Waals surface area contributed by atoms with Crippen LogP contribution in [-0.4, -0.2) is 42.2 Å². The monoisotopic (exact) mass is 262 g/mol. The van der Waals surface area contributed by atoms with Crippen molar-refractivity contribution >= 4 is 5.91 Å². The first-order valence-corrected chi connectivity index (χ1v) is 6.92. The standard InChI is InChI=1S/C15H22N2O2/c18-12-14-7-4-8-17(10-14)11-15(19)16-9-13-5-2-1-3-6-13/h1-3,5-6,14,18H,4,7-12H2,(H,16,19). The summed E-state index contributed by atoms with van der Waals surface area (Å²) in [6, 6.07) is 9.91. The van der Waals surface area contributed by atoms with Crippen LogP contribution >= 0.6 is 0 Å². The van der Waals surface area contributed by atoms with E-state index in [0.29, 0.717) is 19.0 Å². The first kappa shape index (κ1) is 14.0. The number of amides is 1. The van der Waals surface area contributed by atoms with Crippen LogP contribution in [0.5, 0.6) is 0 Å². The third-order valence-electron chi connectivity index (χ3n) is 3.56. The van der Waals surface area contributed by atoms with Crippen LogP contribution in [0.3, 0.4) is 0 Å². The van der Waals surface area contributed by atoms with Crippen LogP contribution in [-0.2, 0) is 11.3 Å². The predicted molar refractivity (Wildman–Crippen MR) is 74.5 cm³/mol. The number of aliphatic hydroxyl groups is 1. The molecule has 0 saturated carbocycles. The molecule has 4 heteroatoms. The van der Waals surface area contributed by atoms with Crippen LogP contribution in [0.4, 0.5) is 0 Å². The zero-order valence-corrected chi connectivity index (χ0v) is 11.2. The number of hydrogen-bond donors (Lipinski definition) is 2. The number of rotatable bonds is 5. The summed E-state index contributed by atoms with van der Waals surface area (Å²) in [5.74, 6) is 0.387. The van der Waals surface area contributed by atoms with E-state index in [-0.39, 0.29) is 12.5 Å². The molecule has 4 nitrogen and oxygen atoms in total. The van der Waals surface area contributed by atoms with Gasteiger partial charge in [-0.05, 0) is 30.9 Å². The second-order valence-electron chi connectivity index (χ2n) is 5.19. The normalized spacial score (nSPS) is 20.2. The average molecular weight is 262 g/mol. The largest absolute Gasteiger partial charge is 0.396 e. The Kier molecular flexibility index (Phi) is 5.36. The number of hydrogen-bond acceptors (Lipinski definition) is 3. The van der Waals surface area contributed by atoms with Crippen LogP contribution < -0.4 is 5.32 Å². The molecule has 2 N–H and O–H groups in total. The third kappa shape index (κ3) is 4.65. The average Bonchev–Trinajstić information content (AvgIpc) is 2.46. The fourth-order valence-electron chi connectivity index (χ4n) is 2.50. The van der Waals surface area contributed by atoms with Crippen molar-refractivity contribution in [3.05, 3.63) is 35.9 Å². The van der Waals surface area contributed by atoms with Crippen molar-refractivity contribution in [3.8, 4) is 0 Å². The molecule has 0 spiro atoms. The molecule has 1 fully saturated rings. The molecule has 0 bridgehead atoms. The lowest BCUT2D eigenvalue weighted by Crippen LogP contribution is -2.43. The molecule has 104 valence electrons. The maximum atomic E-state index is 11.9. The number of nitrogens with zero attached hydrogens (tertiary/aromatic N) is 1. The Morgan fingerprint density at radius 3 is 2.89 bits per heavy atom. The zero-order chi connectivity index (χ0) is 13.5. The van der Waals surface area contributed by atoms with E-state index >= 15 is 0 Å². The fraction of sp³-hybridized carbons (Fsp3) is 0.533. The zero-order valence-electron chi connectivity index (χ0n) is 11.2. The Morgan fingerprint density at radius 1 is 1.37 bits per heavy atom. The van der Waals surface area contributed by atoms with Gasteiger partial charge in [-0.1, -0.05) is 30.3 Å². The molecule has 1 atom stereocenters. The van der Waals surface area contributed by atoms with E-state index in [9.17, 15) is 4.79 Å². The molecular weight excluding hydrogens is 240 g/mol. The molecule has 1 aromatic carbocycles. The second kappa shape index (κ2) is 7.26. The molecule has 1 heterocycles. The Bertz CT molecular complexity index is 394. The molecule has 1 unspecified atom stereocenters. The topological polar surface area (TPSA) is 52.6 Å². The van der Waals surface area contributed by atoms with Crippen LogP contribution in [0.25, 0.3) is 0 Å². The first-order chi connectivity index (χ1) is 9.28. The van der Waals surface area contributed by atoms with Crippen molar-refractivity contribution < 1.29 is 9.90 Å². The SMILES string of the molecule is O=C(CN1CCCC(CO)C1)NCc1ccccc1. The summed E-state index contributed by atoms with van der Waals surface area (Å²) in [6.45, 7) is 3.02. The lowest BCUT2D eigenvalue weighted by molar-refractivity contribution is -0.122. The number of piperidine rings is 1. The van der Waals surface area contributed by atoms with E-state index in [4.69, 9.17) is 5.11 Å². The number of carbonyl (C=O) groups is 1. The molecule has 19 heavy (non-hydrogen) atoms. The highest BCUT2D eigenvalue weighted by molar-refractivity contribution is 5.78. The van der Waals surface area contributed by atoms with Crippen LogP contribution in [0.1, 0.15) is 18.4 Å². The van der Waals surface area contributed by atoms with Crippen molar-refractivity contribution in [1.82, 2.24) is 10.2 Å². The molecule has 0 aromatic heterocycles. The highest BCUT2D eigenvalue weighted by Gasteiger charge is 2.20. The molecule has 0 radical (unpaired) electrons. The number of likely N-dealkylation sites (tertiary alicyclic amines) is 1. The van der Waals surface area contributed by atoms with Gasteiger partial charge in [0.25, 0.3) is 0 Å². The minimum atomic E-state index is 0.0578. The summed E-state index contributed by atoms with van der Waals surface area (Å²) in [6.07, 6.45) is 2.13. The molecule has 2 rings (SSSR count). The van der Waals surface area contributed by atoms with Gasteiger partial charge in [0, 0.05) is 19.7 Å². The Balaban J connectivity index is 1.72. The maximum absolute atomic E-state index is 11.9. The minimum Gasteiger partial charge on any atom is -0.396 e. The van der Waals surface area contributed by atoms with Gasteiger partial charge < -0.3 is 10.4 Å². The molecule has 1 aromatic rings. The summed E-state index contributed by atoms with van der Waals surface area (Å²) in [4.78, 5) is 14.0. The number of nitrogens with one attached hydrogen (secondary N) is 1. The van der Waals surface area contributed by atoms with E-state index in [0.717, 1.165) is 31.5 Å². The van der Waals surface area contributed by atoms with E-state index in [1.54, 1.807) is 0 Å². The summed E-state index contributed by atoms with van der Waals surface area (Å²) in [5, 5.41) is 12.1. The summed E-state index contributed by atoms with van der Waals surface area (Å²) >= 11 is 0. The number of carbonyl (C=O) groups excluding carboxylic acids is 1. The molecule has 1 aliphatic heterocycles. The quantitative estimate of drug-likeness (QED) is 0.832. The maximum Gasteiger partial charge on any atom is 0.234 e. The van der Waals surface area contributed by atoms with Crippen molar-refractivity contribution in [2.75, 3.05) is 26.2 Å². The van der Waals surface area contributed by atoms with E-state index < -0.39 is 0 Å². The van der Waals surface area contributed by atoms with Gasteiger partial charge in [0.1, 0.15) is 0 Å². The predicted octanol–water partition coefficient (Wildman–Crippen LogP) is 1.01. The fourth-order valence-corrected chi connectivity index (χ4v) is 2.50. The van der Waals surface area contributed by atoms with Gasteiger partial charge in [0.15, 0.2) is 0 Å². The van der Waals surface area contributed by atoms with Gasteiger partial charge in [0.05, 0.1) is 6.54 Å².